The van der Waals surface area contributed by atoms with Gasteiger partial charge in [0, 0.05) is 11.5 Å². The first-order chi connectivity index (χ1) is 17.4. The second-order valence-corrected chi connectivity index (χ2v) is 10.1. The molecule has 0 spiro atoms. The lowest BCUT2D eigenvalue weighted by Gasteiger charge is -2.14. The van der Waals surface area contributed by atoms with E-state index in [0.717, 1.165) is 34.0 Å². The first-order valence-electron chi connectivity index (χ1n) is 11.1. The Morgan fingerprint density at radius 1 is 0.892 bits per heavy atom. The van der Waals surface area contributed by atoms with Crippen molar-refractivity contribution < 1.29 is 35.5 Å². The second kappa shape index (κ2) is 8.53. The van der Waals surface area contributed by atoms with Crippen LogP contribution in [0.3, 0.4) is 0 Å². The molecule has 0 atom stereocenters. The van der Waals surface area contributed by atoms with Gasteiger partial charge in [-0.05, 0) is 48.7 Å². The standard InChI is InChI=1S/C20H12F3N2O.C7H8O3S/c1-24-16-10-12(20(21,22)23)8-9-15(16)25-18(24)13-6-2-4-11-5-3-7-14(17(11)13)19(25)26;1-6-2-4-7(5-3-6)11(8,9)10/h2-10H,1H3;2-5H,1H3,(H,8,9,10)/q+1;/p-1. The van der Waals surface area contributed by atoms with Crippen molar-refractivity contribution in [1.29, 1.82) is 0 Å². The van der Waals surface area contributed by atoms with Crippen LogP contribution in [-0.2, 0) is 23.3 Å². The minimum Gasteiger partial charge on any atom is -0.744 e. The molecule has 0 amide bonds. The van der Waals surface area contributed by atoms with Crippen molar-refractivity contribution in [3.8, 4) is 11.4 Å². The van der Waals surface area contributed by atoms with E-state index in [0.29, 0.717) is 22.4 Å². The predicted octanol–water partition coefficient (Wildman–Crippen LogP) is 5.21. The third kappa shape index (κ3) is 4.17. The van der Waals surface area contributed by atoms with Gasteiger partial charge in [0.05, 0.1) is 28.6 Å². The number of nitrogens with zero attached hydrogens (tertiary/aromatic N) is 2. The van der Waals surface area contributed by atoms with E-state index in [1.54, 1.807) is 29.8 Å². The summed E-state index contributed by atoms with van der Waals surface area (Å²) in [6.07, 6.45) is -4.43. The van der Waals surface area contributed by atoms with Crippen LogP contribution in [0, 0.1) is 6.92 Å². The minimum absolute atomic E-state index is 0.178. The number of rotatable bonds is 1. The molecule has 1 aromatic heterocycles. The van der Waals surface area contributed by atoms with Crippen LogP contribution >= 0.6 is 0 Å². The lowest BCUT2D eigenvalue weighted by Crippen LogP contribution is -2.46. The Morgan fingerprint density at radius 3 is 2.11 bits per heavy atom. The summed E-state index contributed by atoms with van der Waals surface area (Å²) in [5.41, 5.74) is 2.43. The van der Waals surface area contributed by atoms with E-state index in [-0.39, 0.29) is 10.8 Å². The zero-order chi connectivity index (χ0) is 26.7. The molecule has 0 bridgehead atoms. The Balaban J connectivity index is 0.000000215. The first kappa shape index (κ1) is 24.7. The van der Waals surface area contributed by atoms with E-state index in [4.69, 9.17) is 0 Å². The number of hydrogen-bond acceptors (Lipinski definition) is 4. The zero-order valence-corrected chi connectivity index (χ0v) is 20.4. The van der Waals surface area contributed by atoms with Crippen molar-refractivity contribution in [3.05, 3.63) is 95.6 Å². The SMILES string of the molecule is Cc1ccc(S(=O)(=O)[O-])cc1.Cn1c2[n+](c3ccc(C(F)(F)F)cc31)C(=O)c1cccc3cccc-2c13. The summed E-state index contributed by atoms with van der Waals surface area (Å²) in [6.45, 7) is 1.82. The van der Waals surface area contributed by atoms with Gasteiger partial charge < -0.3 is 4.55 Å². The predicted molar refractivity (Wildman–Crippen MR) is 130 cm³/mol. The monoisotopic (exact) mass is 524 g/mol. The maximum atomic E-state index is 13.1. The van der Waals surface area contributed by atoms with Crippen LogP contribution in [0.2, 0.25) is 0 Å². The summed E-state index contributed by atoms with van der Waals surface area (Å²) in [6, 6.07) is 20.5. The molecule has 6 rings (SSSR count). The molecule has 5 aromatic rings. The van der Waals surface area contributed by atoms with Crippen LogP contribution < -0.4 is 4.57 Å². The summed E-state index contributed by atoms with van der Waals surface area (Å²) in [7, 11) is -2.58. The van der Waals surface area contributed by atoms with E-state index in [9.17, 15) is 30.9 Å². The highest BCUT2D eigenvalue weighted by Gasteiger charge is 2.38. The van der Waals surface area contributed by atoms with Gasteiger partial charge in [0.2, 0.25) is 0 Å². The molecule has 2 heterocycles. The Kier molecular flexibility index (Phi) is 5.69. The quantitative estimate of drug-likeness (QED) is 0.219. The second-order valence-electron chi connectivity index (χ2n) is 8.70. The number of carbonyl (C=O) groups is 1. The van der Waals surface area contributed by atoms with E-state index in [1.165, 1.54) is 22.8 Å². The van der Waals surface area contributed by atoms with Gasteiger partial charge in [-0.15, -0.1) is 0 Å². The summed E-state index contributed by atoms with van der Waals surface area (Å²) < 4.78 is 73.7. The number of imidazole rings is 1. The van der Waals surface area contributed by atoms with Gasteiger partial charge in [-0.25, -0.2) is 17.8 Å². The van der Waals surface area contributed by atoms with Crippen LogP contribution in [-0.4, -0.2) is 23.4 Å². The summed E-state index contributed by atoms with van der Waals surface area (Å²) in [4.78, 5) is 13.0. The Morgan fingerprint density at radius 2 is 1.51 bits per heavy atom. The fraction of sp³-hybridized carbons (Fsp3) is 0.111. The van der Waals surface area contributed by atoms with Crippen molar-refractivity contribution >= 4 is 37.8 Å². The Bertz CT molecular complexity index is 1820. The largest absolute Gasteiger partial charge is 0.744 e. The third-order valence-corrected chi connectivity index (χ3v) is 7.17. The molecule has 0 fully saturated rings. The number of alkyl halides is 3. The number of halogens is 3. The number of benzene rings is 4. The highest BCUT2D eigenvalue weighted by Crippen LogP contribution is 2.37. The molecule has 6 nitrogen and oxygen atoms in total. The van der Waals surface area contributed by atoms with Crippen LogP contribution in [0.5, 0.6) is 0 Å². The molecular weight excluding hydrogens is 505 g/mol. The molecule has 0 saturated heterocycles. The van der Waals surface area contributed by atoms with Crippen molar-refractivity contribution in [3.63, 3.8) is 0 Å². The number of aryl methyl sites for hydroxylation is 2. The smallest absolute Gasteiger partial charge is 0.416 e. The summed E-state index contributed by atoms with van der Waals surface area (Å²) in [5.74, 6) is 0.364. The van der Waals surface area contributed by atoms with Crippen molar-refractivity contribution in [2.45, 2.75) is 18.0 Å². The van der Waals surface area contributed by atoms with E-state index in [2.05, 4.69) is 0 Å². The van der Waals surface area contributed by atoms with E-state index < -0.39 is 21.9 Å². The lowest BCUT2D eigenvalue weighted by atomic mass is 9.95. The number of carbonyl (C=O) groups excluding carboxylic acids is 1. The number of hydrogen-bond donors (Lipinski definition) is 0. The average molecular weight is 525 g/mol. The lowest BCUT2D eigenvalue weighted by molar-refractivity contribution is -0.531. The maximum Gasteiger partial charge on any atom is 0.416 e. The normalized spacial score (nSPS) is 12.9. The number of fused-ring (bicyclic) bond motifs is 4. The van der Waals surface area contributed by atoms with Gasteiger partial charge in [0.25, 0.3) is 5.82 Å². The van der Waals surface area contributed by atoms with Crippen LogP contribution in [0.15, 0.2) is 83.8 Å². The Labute approximate surface area is 210 Å². The molecule has 0 N–H and O–H groups in total. The van der Waals surface area contributed by atoms with Gasteiger partial charge in [0.15, 0.2) is 11.0 Å². The minimum atomic E-state index is -4.43. The fourth-order valence-electron chi connectivity index (χ4n) is 4.57. The van der Waals surface area contributed by atoms with Crippen LogP contribution in [0.1, 0.15) is 21.5 Å². The third-order valence-electron chi connectivity index (χ3n) is 6.32. The van der Waals surface area contributed by atoms with E-state index >= 15 is 0 Å². The zero-order valence-electron chi connectivity index (χ0n) is 19.6. The fourth-order valence-corrected chi connectivity index (χ4v) is 5.04. The van der Waals surface area contributed by atoms with Gasteiger partial charge in [-0.3, -0.25) is 0 Å². The highest BCUT2D eigenvalue weighted by atomic mass is 32.2. The molecule has 1 aliphatic rings. The first-order valence-corrected chi connectivity index (χ1v) is 12.5. The van der Waals surface area contributed by atoms with Crippen LogP contribution in [0.25, 0.3) is 33.2 Å². The molecule has 0 saturated carbocycles. The summed E-state index contributed by atoms with van der Waals surface area (Å²) in [5, 5.41) is 1.77. The van der Waals surface area contributed by atoms with Gasteiger partial charge >= 0.3 is 12.1 Å². The summed E-state index contributed by atoms with van der Waals surface area (Å²) >= 11 is 0. The molecule has 10 heteroatoms. The molecule has 0 radical (unpaired) electrons. The van der Waals surface area contributed by atoms with Crippen LogP contribution in [0.4, 0.5) is 13.2 Å². The molecule has 37 heavy (non-hydrogen) atoms. The van der Waals surface area contributed by atoms with Crippen molar-refractivity contribution in [2.75, 3.05) is 0 Å². The highest BCUT2D eigenvalue weighted by molar-refractivity contribution is 7.85. The molecule has 1 aliphatic heterocycles. The topological polar surface area (TPSA) is 83.1 Å². The molecule has 188 valence electrons. The van der Waals surface area contributed by atoms with Gasteiger partial charge in [0.1, 0.15) is 10.1 Å². The van der Waals surface area contributed by atoms with Crippen molar-refractivity contribution in [2.24, 2.45) is 7.05 Å². The van der Waals surface area contributed by atoms with Gasteiger partial charge in [-0.2, -0.15) is 17.7 Å². The average Bonchev–Trinajstić information content (AvgIpc) is 3.14. The maximum absolute atomic E-state index is 13.1. The van der Waals surface area contributed by atoms with Gasteiger partial charge in [-0.1, -0.05) is 42.0 Å². The Hall–Kier alpha value is -4.02. The van der Waals surface area contributed by atoms with E-state index in [1.807, 2.05) is 37.3 Å². The molecule has 4 aromatic carbocycles. The number of aromatic nitrogens is 2. The van der Waals surface area contributed by atoms with Crippen molar-refractivity contribution in [1.82, 2.24) is 4.57 Å². The molecule has 0 unspecified atom stereocenters. The molecular formula is C27H19F3N2O4S. The molecule has 0 aliphatic carbocycles.